The van der Waals surface area contributed by atoms with Crippen molar-refractivity contribution in [3.63, 3.8) is 0 Å². The van der Waals surface area contributed by atoms with Gasteiger partial charge in [-0.2, -0.15) is 0 Å². The van der Waals surface area contributed by atoms with Crippen molar-refractivity contribution in [3.05, 3.63) is 59.9 Å². The number of amides is 1. The number of rotatable bonds is 2. The molecule has 0 unspecified atom stereocenters. The van der Waals surface area contributed by atoms with Gasteiger partial charge in [-0.25, -0.2) is 0 Å². The van der Waals surface area contributed by atoms with Crippen LogP contribution in [0.15, 0.2) is 48.8 Å². The van der Waals surface area contributed by atoms with Gasteiger partial charge in [-0.1, -0.05) is 24.3 Å². The van der Waals surface area contributed by atoms with E-state index in [9.17, 15) is 9.90 Å². The molecule has 0 radical (unpaired) electrons. The lowest BCUT2D eigenvalue weighted by Gasteiger charge is -2.40. The average molecular weight is 338 g/mol. The number of carbonyl (C=O) groups is 1. The van der Waals surface area contributed by atoms with E-state index >= 15 is 0 Å². The SMILES string of the molecule is O=C([C@H]1COc2ccccc2C1)N1CCC(O)(c2cccnc2)CC1. The van der Waals surface area contributed by atoms with Gasteiger partial charge in [0.05, 0.1) is 11.5 Å². The van der Waals surface area contributed by atoms with Crippen LogP contribution in [0.25, 0.3) is 0 Å². The zero-order chi connectivity index (χ0) is 17.3. The van der Waals surface area contributed by atoms with Crippen LogP contribution in [0.5, 0.6) is 5.75 Å². The molecule has 5 heteroatoms. The Morgan fingerprint density at radius 3 is 2.76 bits per heavy atom. The molecule has 1 atom stereocenters. The van der Waals surface area contributed by atoms with Crippen molar-refractivity contribution >= 4 is 5.91 Å². The summed E-state index contributed by atoms with van der Waals surface area (Å²) in [6.07, 6.45) is 5.21. The molecule has 1 amide bonds. The van der Waals surface area contributed by atoms with Gasteiger partial charge in [-0.05, 0) is 37.0 Å². The number of hydrogen-bond acceptors (Lipinski definition) is 4. The molecule has 0 aliphatic carbocycles. The van der Waals surface area contributed by atoms with Gasteiger partial charge in [0.25, 0.3) is 0 Å². The summed E-state index contributed by atoms with van der Waals surface area (Å²) < 4.78 is 5.75. The van der Waals surface area contributed by atoms with E-state index in [4.69, 9.17) is 4.74 Å². The number of benzene rings is 1. The minimum absolute atomic E-state index is 0.128. The maximum Gasteiger partial charge on any atom is 0.229 e. The fourth-order valence-corrected chi connectivity index (χ4v) is 3.77. The molecule has 130 valence electrons. The van der Waals surface area contributed by atoms with Crippen LogP contribution in [0.3, 0.4) is 0 Å². The van der Waals surface area contributed by atoms with Crippen molar-refractivity contribution in [2.45, 2.75) is 24.9 Å². The lowest BCUT2D eigenvalue weighted by Crippen LogP contribution is -2.48. The number of nitrogens with zero attached hydrogens (tertiary/aromatic N) is 2. The molecule has 1 aromatic carbocycles. The highest BCUT2D eigenvalue weighted by atomic mass is 16.5. The van der Waals surface area contributed by atoms with Crippen molar-refractivity contribution in [1.82, 2.24) is 9.88 Å². The Morgan fingerprint density at radius 1 is 1.20 bits per heavy atom. The highest BCUT2D eigenvalue weighted by Crippen LogP contribution is 2.34. The fraction of sp³-hybridized carbons (Fsp3) is 0.400. The Balaban J connectivity index is 1.41. The minimum Gasteiger partial charge on any atom is -0.492 e. The molecule has 25 heavy (non-hydrogen) atoms. The van der Waals surface area contributed by atoms with Gasteiger partial charge in [-0.3, -0.25) is 9.78 Å². The van der Waals surface area contributed by atoms with E-state index in [0.717, 1.165) is 23.3 Å². The number of ether oxygens (including phenoxy) is 1. The summed E-state index contributed by atoms with van der Waals surface area (Å²) >= 11 is 0. The third-order valence-electron chi connectivity index (χ3n) is 5.33. The zero-order valence-electron chi connectivity index (χ0n) is 14.1. The van der Waals surface area contributed by atoms with E-state index in [0.29, 0.717) is 32.5 Å². The molecule has 1 saturated heterocycles. The van der Waals surface area contributed by atoms with E-state index < -0.39 is 5.60 Å². The van der Waals surface area contributed by atoms with Crippen LogP contribution < -0.4 is 4.74 Å². The quantitative estimate of drug-likeness (QED) is 0.911. The fourth-order valence-electron chi connectivity index (χ4n) is 3.77. The van der Waals surface area contributed by atoms with Crippen molar-refractivity contribution < 1.29 is 14.6 Å². The molecule has 0 saturated carbocycles. The highest BCUT2D eigenvalue weighted by molar-refractivity contribution is 5.80. The third-order valence-corrected chi connectivity index (χ3v) is 5.33. The molecule has 1 fully saturated rings. The molecule has 3 heterocycles. The summed E-state index contributed by atoms with van der Waals surface area (Å²) in [4.78, 5) is 18.8. The van der Waals surface area contributed by atoms with Crippen LogP contribution in [0.4, 0.5) is 0 Å². The number of aliphatic hydroxyl groups is 1. The van der Waals surface area contributed by atoms with Gasteiger partial charge in [0.1, 0.15) is 12.4 Å². The maximum atomic E-state index is 12.9. The van der Waals surface area contributed by atoms with Gasteiger partial charge in [0.15, 0.2) is 0 Å². The lowest BCUT2D eigenvalue weighted by atomic mass is 9.84. The lowest BCUT2D eigenvalue weighted by molar-refractivity contribution is -0.141. The van der Waals surface area contributed by atoms with Crippen LogP contribution >= 0.6 is 0 Å². The number of pyridine rings is 1. The summed E-state index contributed by atoms with van der Waals surface area (Å²) in [5.74, 6) is 0.873. The van der Waals surface area contributed by atoms with Gasteiger partial charge in [-0.15, -0.1) is 0 Å². The van der Waals surface area contributed by atoms with Crippen LogP contribution in [-0.2, 0) is 16.8 Å². The summed E-state index contributed by atoms with van der Waals surface area (Å²) in [5.41, 5.74) is 1.04. The van der Waals surface area contributed by atoms with Crippen LogP contribution in [0, 0.1) is 5.92 Å². The average Bonchev–Trinajstić information content (AvgIpc) is 2.68. The number of para-hydroxylation sites is 1. The van der Waals surface area contributed by atoms with Crippen LogP contribution in [0.1, 0.15) is 24.0 Å². The topological polar surface area (TPSA) is 62.7 Å². The third kappa shape index (κ3) is 3.12. The molecule has 1 N–H and O–H groups in total. The number of fused-ring (bicyclic) bond motifs is 1. The first-order valence-electron chi connectivity index (χ1n) is 8.78. The normalized spacial score (nSPS) is 22.0. The van der Waals surface area contributed by atoms with E-state index in [2.05, 4.69) is 4.98 Å². The smallest absolute Gasteiger partial charge is 0.229 e. The molecule has 4 rings (SSSR count). The first-order chi connectivity index (χ1) is 12.2. The molecule has 5 nitrogen and oxygen atoms in total. The monoisotopic (exact) mass is 338 g/mol. The number of hydrogen-bond donors (Lipinski definition) is 1. The van der Waals surface area contributed by atoms with E-state index in [1.807, 2.05) is 41.3 Å². The van der Waals surface area contributed by atoms with Gasteiger partial charge in [0.2, 0.25) is 5.91 Å². The Labute approximate surface area is 147 Å². The molecule has 2 aromatic rings. The minimum atomic E-state index is -0.888. The number of aromatic nitrogens is 1. The van der Waals surface area contributed by atoms with E-state index in [1.165, 1.54) is 0 Å². The largest absolute Gasteiger partial charge is 0.492 e. The van der Waals surface area contributed by atoms with Gasteiger partial charge in [0, 0.05) is 31.0 Å². The summed E-state index contributed by atoms with van der Waals surface area (Å²) in [5, 5.41) is 10.9. The second kappa shape index (κ2) is 6.48. The predicted molar refractivity (Wildman–Crippen MR) is 93.1 cm³/mol. The Hall–Kier alpha value is -2.40. The summed E-state index contributed by atoms with van der Waals surface area (Å²) in [6.45, 7) is 1.55. The van der Waals surface area contributed by atoms with Crippen LogP contribution in [-0.4, -0.2) is 40.6 Å². The summed E-state index contributed by atoms with van der Waals surface area (Å²) in [7, 11) is 0. The molecule has 0 spiro atoms. The number of carbonyl (C=O) groups excluding carboxylic acids is 1. The van der Waals surface area contributed by atoms with Crippen molar-refractivity contribution in [2.75, 3.05) is 19.7 Å². The first-order valence-corrected chi connectivity index (χ1v) is 8.78. The van der Waals surface area contributed by atoms with Crippen molar-refractivity contribution in [2.24, 2.45) is 5.92 Å². The molecule has 0 bridgehead atoms. The Kier molecular flexibility index (Phi) is 4.17. The summed E-state index contributed by atoms with van der Waals surface area (Å²) in [6, 6.07) is 11.6. The second-order valence-electron chi connectivity index (χ2n) is 6.92. The standard InChI is InChI=1S/C20H22N2O3/c23-19(16-12-15-4-1-2-6-18(15)25-14-16)22-10-7-20(24,8-11-22)17-5-3-9-21-13-17/h1-6,9,13,16,24H,7-8,10-12,14H2/t16-/m1/s1. The maximum absolute atomic E-state index is 12.9. The highest BCUT2D eigenvalue weighted by Gasteiger charge is 2.38. The number of piperidine rings is 1. The second-order valence-corrected chi connectivity index (χ2v) is 6.92. The zero-order valence-corrected chi connectivity index (χ0v) is 14.1. The molecular weight excluding hydrogens is 316 g/mol. The molecule has 2 aliphatic rings. The van der Waals surface area contributed by atoms with E-state index in [-0.39, 0.29) is 11.8 Å². The molecule has 2 aliphatic heterocycles. The van der Waals surface area contributed by atoms with Gasteiger partial charge >= 0.3 is 0 Å². The van der Waals surface area contributed by atoms with Crippen molar-refractivity contribution in [3.8, 4) is 5.75 Å². The first kappa shape index (κ1) is 16.1. The van der Waals surface area contributed by atoms with E-state index in [1.54, 1.807) is 12.4 Å². The molecular formula is C20H22N2O3. The number of likely N-dealkylation sites (tertiary alicyclic amines) is 1. The predicted octanol–water partition coefficient (Wildman–Crippen LogP) is 2.14. The Morgan fingerprint density at radius 2 is 2.00 bits per heavy atom. The van der Waals surface area contributed by atoms with Gasteiger partial charge < -0.3 is 14.7 Å². The Bertz CT molecular complexity index is 755. The van der Waals surface area contributed by atoms with Crippen molar-refractivity contribution in [1.29, 1.82) is 0 Å². The van der Waals surface area contributed by atoms with Crippen LogP contribution in [0.2, 0.25) is 0 Å². The molecule has 1 aromatic heterocycles.